The molecule has 1 amide bonds. The van der Waals surface area contributed by atoms with Crippen LogP contribution in [0.3, 0.4) is 0 Å². The average molecular weight is 620 g/mol. The Bertz CT molecular complexity index is 1620. The van der Waals surface area contributed by atoms with Crippen molar-refractivity contribution in [3.05, 3.63) is 104 Å². The molecule has 6 rings (SSSR count). The number of carbonyl (C=O) groups is 1. The molecule has 3 heterocycles. The summed E-state index contributed by atoms with van der Waals surface area (Å²) in [6, 6.07) is 20.1. The molecule has 0 bridgehead atoms. The van der Waals surface area contributed by atoms with Crippen molar-refractivity contribution in [3.8, 4) is 11.5 Å². The fraction of sp³-hybridized carbons (Fsp3) is 0.312. The number of methoxy groups -OCH3 is 1. The number of fused-ring (bicyclic) bond motifs is 2. The zero-order valence-corrected chi connectivity index (χ0v) is 24.4. The predicted molar refractivity (Wildman–Crippen MR) is 159 cm³/mol. The van der Waals surface area contributed by atoms with Gasteiger partial charge in [-0.15, -0.1) is 0 Å². The van der Waals surface area contributed by atoms with Crippen molar-refractivity contribution in [2.24, 2.45) is 0 Å². The molecule has 2 aliphatic heterocycles. The van der Waals surface area contributed by atoms with Crippen LogP contribution in [-0.2, 0) is 11.3 Å². The Morgan fingerprint density at radius 3 is 2.54 bits per heavy atom. The van der Waals surface area contributed by atoms with Crippen LogP contribution < -0.4 is 14.9 Å². The largest absolute Gasteiger partial charge is 0.493 e. The molecule has 0 aliphatic carbocycles. The van der Waals surface area contributed by atoms with Gasteiger partial charge >= 0.3 is 0 Å². The summed E-state index contributed by atoms with van der Waals surface area (Å²) in [6.45, 7) is 4.88. The molecule has 2 aliphatic rings. The molecule has 1 atom stereocenters. The highest BCUT2D eigenvalue weighted by molar-refractivity contribution is 9.10. The Labute approximate surface area is 246 Å². The lowest BCUT2D eigenvalue weighted by molar-refractivity contribution is 0.0353. The van der Waals surface area contributed by atoms with Gasteiger partial charge in [0.25, 0.3) is 5.91 Å². The van der Waals surface area contributed by atoms with Crippen LogP contribution in [0, 0.1) is 0 Å². The smallest absolute Gasteiger partial charge is 0.290 e. The van der Waals surface area contributed by atoms with Gasteiger partial charge in [-0.2, -0.15) is 0 Å². The van der Waals surface area contributed by atoms with Crippen LogP contribution in [0.25, 0.3) is 11.0 Å². The van der Waals surface area contributed by atoms with E-state index in [0.717, 1.165) is 54.9 Å². The van der Waals surface area contributed by atoms with Gasteiger partial charge in [-0.1, -0.05) is 52.3 Å². The molecule has 4 aromatic rings. The molecule has 1 unspecified atom stereocenters. The summed E-state index contributed by atoms with van der Waals surface area (Å²) in [5, 5.41) is 0.431. The highest BCUT2D eigenvalue weighted by atomic mass is 79.9. The molecule has 1 saturated heterocycles. The standard InChI is InChI=1S/C32H31BrN2O6/c1-38-27-18-22(8-10-26(27)40-20-21-6-3-2-4-7-21)29-28-30(36)24-19-23(33)9-11-25(24)41-31(28)32(37)35(29)13-5-12-34-14-16-39-17-15-34/h2-4,6-11,18-19,29H,5,12-17,20H2,1H3. The normalized spacial score (nSPS) is 17.2. The molecule has 0 N–H and O–H groups in total. The first kappa shape index (κ1) is 27.5. The summed E-state index contributed by atoms with van der Waals surface area (Å²) in [5.74, 6) is 0.931. The molecule has 1 fully saturated rings. The molecular formula is C32H31BrN2O6. The van der Waals surface area contributed by atoms with Gasteiger partial charge < -0.3 is 23.5 Å². The summed E-state index contributed by atoms with van der Waals surface area (Å²) in [6.07, 6.45) is 0.755. The van der Waals surface area contributed by atoms with Crippen molar-refractivity contribution in [3.63, 3.8) is 0 Å². The number of amides is 1. The Balaban J connectivity index is 1.35. The first-order valence-electron chi connectivity index (χ1n) is 13.8. The number of rotatable bonds is 9. The third kappa shape index (κ3) is 5.62. The summed E-state index contributed by atoms with van der Waals surface area (Å²) in [4.78, 5) is 31.8. The van der Waals surface area contributed by atoms with Gasteiger partial charge in [0.2, 0.25) is 5.76 Å². The summed E-state index contributed by atoms with van der Waals surface area (Å²) in [7, 11) is 1.59. The fourth-order valence-electron chi connectivity index (χ4n) is 5.57. The minimum atomic E-state index is -0.612. The average Bonchev–Trinajstić information content (AvgIpc) is 3.28. The lowest BCUT2D eigenvalue weighted by atomic mass is 9.98. The van der Waals surface area contributed by atoms with Crippen molar-refractivity contribution >= 4 is 32.8 Å². The van der Waals surface area contributed by atoms with Crippen molar-refractivity contribution < 1.29 is 23.4 Å². The van der Waals surface area contributed by atoms with Crippen LogP contribution in [0.2, 0.25) is 0 Å². The Hall–Kier alpha value is -3.66. The van der Waals surface area contributed by atoms with Crippen LogP contribution in [-0.4, -0.2) is 62.2 Å². The van der Waals surface area contributed by atoms with E-state index in [-0.39, 0.29) is 17.1 Å². The van der Waals surface area contributed by atoms with E-state index in [0.29, 0.717) is 41.2 Å². The zero-order valence-electron chi connectivity index (χ0n) is 22.8. The first-order valence-corrected chi connectivity index (χ1v) is 14.5. The number of nitrogens with zero attached hydrogens (tertiary/aromatic N) is 2. The van der Waals surface area contributed by atoms with Crippen LogP contribution in [0.4, 0.5) is 0 Å². The monoisotopic (exact) mass is 618 g/mol. The van der Waals surface area contributed by atoms with Gasteiger partial charge in [-0.05, 0) is 47.9 Å². The number of benzene rings is 3. The minimum absolute atomic E-state index is 0.101. The highest BCUT2D eigenvalue weighted by Gasteiger charge is 2.42. The molecule has 0 saturated carbocycles. The van der Waals surface area contributed by atoms with Crippen molar-refractivity contribution in [1.82, 2.24) is 9.80 Å². The quantitative estimate of drug-likeness (QED) is 0.248. The molecule has 0 radical (unpaired) electrons. The van der Waals surface area contributed by atoms with Gasteiger partial charge in [0.05, 0.1) is 37.3 Å². The SMILES string of the molecule is COc1cc(C2c3c(oc4ccc(Br)cc4c3=O)C(=O)N2CCCN2CCOCC2)ccc1OCc1ccccc1. The zero-order chi connectivity index (χ0) is 28.3. The second-order valence-corrected chi connectivity index (χ2v) is 11.1. The summed E-state index contributed by atoms with van der Waals surface area (Å²) in [5.41, 5.74) is 2.33. The van der Waals surface area contributed by atoms with E-state index in [1.165, 1.54) is 0 Å². The number of ether oxygens (including phenoxy) is 3. The molecule has 8 nitrogen and oxygen atoms in total. The molecule has 212 valence electrons. The first-order chi connectivity index (χ1) is 20.0. The van der Waals surface area contributed by atoms with E-state index in [4.69, 9.17) is 18.6 Å². The van der Waals surface area contributed by atoms with Gasteiger partial charge in [-0.25, -0.2) is 0 Å². The Kier molecular flexibility index (Phi) is 8.09. The van der Waals surface area contributed by atoms with Gasteiger partial charge in [0.15, 0.2) is 16.9 Å². The molecular weight excluding hydrogens is 588 g/mol. The van der Waals surface area contributed by atoms with E-state index in [1.54, 1.807) is 30.2 Å². The van der Waals surface area contributed by atoms with E-state index in [1.807, 2.05) is 48.5 Å². The van der Waals surface area contributed by atoms with Crippen molar-refractivity contribution in [2.75, 3.05) is 46.5 Å². The van der Waals surface area contributed by atoms with Gasteiger partial charge in [-0.3, -0.25) is 14.5 Å². The fourth-order valence-corrected chi connectivity index (χ4v) is 5.93. The predicted octanol–water partition coefficient (Wildman–Crippen LogP) is 5.41. The van der Waals surface area contributed by atoms with E-state index in [2.05, 4.69) is 20.8 Å². The Morgan fingerprint density at radius 2 is 1.76 bits per heavy atom. The van der Waals surface area contributed by atoms with Gasteiger partial charge in [0.1, 0.15) is 12.2 Å². The van der Waals surface area contributed by atoms with Crippen LogP contribution in [0.5, 0.6) is 11.5 Å². The highest BCUT2D eigenvalue weighted by Crippen LogP contribution is 2.41. The summed E-state index contributed by atoms with van der Waals surface area (Å²) >= 11 is 3.46. The number of hydrogen-bond acceptors (Lipinski definition) is 7. The molecule has 41 heavy (non-hydrogen) atoms. The number of hydrogen-bond donors (Lipinski definition) is 0. The Morgan fingerprint density at radius 1 is 0.951 bits per heavy atom. The van der Waals surface area contributed by atoms with Crippen molar-refractivity contribution in [1.29, 1.82) is 0 Å². The van der Waals surface area contributed by atoms with Crippen LogP contribution in [0.1, 0.15) is 39.7 Å². The third-order valence-electron chi connectivity index (χ3n) is 7.65. The number of morpholine rings is 1. The maximum Gasteiger partial charge on any atom is 0.290 e. The van der Waals surface area contributed by atoms with Crippen LogP contribution in [0.15, 0.2) is 80.4 Å². The number of halogens is 1. The maximum absolute atomic E-state index is 13.9. The topological polar surface area (TPSA) is 81.5 Å². The lowest BCUT2D eigenvalue weighted by Crippen LogP contribution is -2.38. The lowest BCUT2D eigenvalue weighted by Gasteiger charge is -2.29. The molecule has 0 spiro atoms. The second kappa shape index (κ2) is 12.1. The van der Waals surface area contributed by atoms with Crippen LogP contribution >= 0.6 is 15.9 Å². The molecule has 3 aromatic carbocycles. The summed E-state index contributed by atoms with van der Waals surface area (Å²) < 4.78 is 24.1. The van der Waals surface area contributed by atoms with E-state index >= 15 is 0 Å². The number of carbonyl (C=O) groups excluding carboxylic acids is 1. The van der Waals surface area contributed by atoms with E-state index in [9.17, 15) is 9.59 Å². The molecule has 9 heteroatoms. The minimum Gasteiger partial charge on any atom is -0.493 e. The molecule has 1 aromatic heterocycles. The van der Waals surface area contributed by atoms with Crippen molar-refractivity contribution in [2.45, 2.75) is 19.1 Å². The van der Waals surface area contributed by atoms with E-state index < -0.39 is 6.04 Å². The maximum atomic E-state index is 13.9. The van der Waals surface area contributed by atoms with Gasteiger partial charge in [0, 0.05) is 30.7 Å². The third-order valence-corrected chi connectivity index (χ3v) is 8.14. The second-order valence-electron chi connectivity index (χ2n) is 10.2.